The number of aliphatic carboxylic acids is 1. The summed E-state index contributed by atoms with van der Waals surface area (Å²) < 4.78 is 1.04. The van der Waals surface area contributed by atoms with E-state index in [1.54, 1.807) is 13.8 Å². The maximum absolute atomic E-state index is 12.0. The van der Waals surface area contributed by atoms with Crippen molar-refractivity contribution in [1.82, 2.24) is 5.32 Å². The van der Waals surface area contributed by atoms with E-state index in [9.17, 15) is 9.59 Å². The standard InChI is InChI=1S/C16H21BrN2O3/c1-16(2,15(21)22)9-14(20)18-11-7-8-19(10-11)13-6-4-3-5-12(13)17/h3-6,11H,7-10H2,1-2H3,(H,18,20)(H,21,22)/t11-/m1/s1. The summed E-state index contributed by atoms with van der Waals surface area (Å²) in [6.07, 6.45) is 0.856. The quantitative estimate of drug-likeness (QED) is 0.837. The first-order chi connectivity index (χ1) is 10.3. The molecule has 0 saturated carbocycles. The van der Waals surface area contributed by atoms with Gasteiger partial charge in [-0.2, -0.15) is 0 Å². The van der Waals surface area contributed by atoms with E-state index >= 15 is 0 Å². The van der Waals surface area contributed by atoms with Gasteiger partial charge in [0.25, 0.3) is 0 Å². The highest BCUT2D eigenvalue weighted by Gasteiger charge is 2.32. The fourth-order valence-electron chi connectivity index (χ4n) is 2.56. The highest BCUT2D eigenvalue weighted by molar-refractivity contribution is 9.10. The van der Waals surface area contributed by atoms with Crippen LogP contribution in [0.1, 0.15) is 26.7 Å². The number of nitrogens with one attached hydrogen (secondary N) is 1. The zero-order valence-corrected chi connectivity index (χ0v) is 14.4. The van der Waals surface area contributed by atoms with Crippen molar-refractivity contribution < 1.29 is 14.7 Å². The summed E-state index contributed by atoms with van der Waals surface area (Å²) in [5.41, 5.74) is 0.0790. The van der Waals surface area contributed by atoms with Crippen LogP contribution in [0, 0.1) is 5.41 Å². The molecule has 1 amide bonds. The zero-order valence-electron chi connectivity index (χ0n) is 12.8. The number of para-hydroxylation sites is 1. The van der Waals surface area contributed by atoms with Crippen LogP contribution in [-0.2, 0) is 9.59 Å². The molecule has 1 aliphatic rings. The fraction of sp³-hybridized carbons (Fsp3) is 0.500. The molecule has 0 bridgehead atoms. The molecule has 0 spiro atoms. The molecule has 2 rings (SSSR count). The molecule has 1 aromatic rings. The maximum Gasteiger partial charge on any atom is 0.309 e. The number of carboxylic acids is 1. The van der Waals surface area contributed by atoms with Gasteiger partial charge < -0.3 is 15.3 Å². The van der Waals surface area contributed by atoms with Gasteiger partial charge in [-0.05, 0) is 48.3 Å². The van der Waals surface area contributed by atoms with Gasteiger partial charge in [0, 0.05) is 30.0 Å². The molecule has 1 fully saturated rings. The minimum atomic E-state index is -1.04. The Morgan fingerprint density at radius 2 is 2.09 bits per heavy atom. The number of anilines is 1. The third kappa shape index (κ3) is 4.00. The molecule has 1 aromatic carbocycles. The number of carboxylic acid groups (broad SMARTS) is 1. The average Bonchev–Trinajstić information content (AvgIpc) is 2.86. The lowest BCUT2D eigenvalue weighted by atomic mass is 9.89. The molecular formula is C16H21BrN2O3. The van der Waals surface area contributed by atoms with Crippen LogP contribution in [0.25, 0.3) is 0 Å². The first-order valence-electron chi connectivity index (χ1n) is 7.32. The lowest BCUT2D eigenvalue weighted by Gasteiger charge is -2.22. The lowest BCUT2D eigenvalue weighted by molar-refractivity contribution is -0.149. The number of nitrogens with zero attached hydrogens (tertiary/aromatic N) is 1. The Hall–Kier alpha value is -1.56. The summed E-state index contributed by atoms with van der Waals surface area (Å²) in [4.78, 5) is 25.3. The molecule has 120 valence electrons. The molecule has 5 nitrogen and oxygen atoms in total. The van der Waals surface area contributed by atoms with Crippen LogP contribution in [0.2, 0.25) is 0 Å². The molecule has 2 N–H and O–H groups in total. The average molecular weight is 369 g/mol. The van der Waals surface area contributed by atoms with Gasteiger partial charge in [0.05, 0.1) is 11.1 Å². The second-order valence-electron chi connectivity index (χ2n) is 6.32. The molecule has 1 saturated heterocycles. The van der Waals surface area contributed by atoms with Crippen molar-refractivity contribution in [2.75, 3.05) is 18.0 Å². The number of carbonyl (C=O) groups is 2. The molecule has 1 aliphatic heterocycles. The summed E-state index contributed by atoms with van der Waals surface area (Å²) in [5.74, 6) is -1.16. The van der Waals surface area contributed by atoms with E-state index in [1.165, 1.54) is 0 Å². The van der Waals surface area contributed by atoms with E-state index in [2.05, 4.69) is 26.1 Å². The van der Waals surface area contributed by atoms with Crippen LogP contribution in [0.3, 0.4) is 0 Å². The van der Waals surface area contributed by atoms with Gasteiger partial charge in [-0.3, -0.25) is 9.59 Å². The predicted molar refractivity (Wildman–Crippen MR) is 88.9 cm³/mol. The molecule has 22 heavy (non-hydrogen) atoms. The van der Waals surface area contributed by atoms with Crippen LogP contribution >= 0.6 is 15.9 Å². The number of halogens is 1. The SMILES string of the molecule is CC(C)(CC(=O)N[C@@H]1CCN(c2ccccc2Br)C1)C(=O)O. The molecule has 0 aromatic heterocycles. The minimum absolute atomic E-state index is 0.00609. The van der Waals surface area contributed by atoms with Crippen molar-refractivity contribution in [1.29, 1.82) is 0 Å². The molecule has 1 atom stereocenters. The third-order valence-corrected chi connectivity index (χ3v) is 4.60. The van der Waals surface area contributed by atoms with Crippen LogP contribution in [-0.4, -0.2) is 36.1 Å². The first-order valence-corrected chi connectivity index (χ1v) is 8.11. The Morgan fingerprint density at radius 3 is 2.73 bits per heavy atom. The third-order valence-electron chi connectivity index (χ3n) is 3.93. The monoisotopic (exact) mass is 368 g/mol. The van der Waals surface area contributed by atoms with E-state index in [1.807, 2.05) is 24.3 Å². The molecular weight excluding hydrogens is 348 g/mol. The van der Waals surface area contributed by atoms with Gasteiger partial charge >= 0.3 is 5.97 Å². The minimum Gasteiger partial charge on any atom is -0.481 e. The maximum atomic E-state index is 12.0. The Balaban J connectivity index is 1.90. The van der Waals surface area contributed by atoms with E-state index in [0.717, 1.165) is 29.7 Å². The Morgan fingerprint density at radius 1 is 1.41 bits per heavy atom. The summed E-state index contributed by atoms with van der Waals surface area (Å²) in [6.45, 7) is 4.74. The largest absolute Gasteiger partial charge is 0.481 e. The Labute approximate surface area is 138 Å². The summed E-state index contributed by atoms with van der Waals surface area (Å²) in [6, 6.07) is 8.06. The smallest absolute Gasteiger partial charge is 0.309 e. The van der Waals surface area contributed by atoms with Gasteiger partial charge in [0.15, 0.2) is 0 Å². The first kappa shape index (κ1) is 16.8. The molecule has 0 aliphatic carbocycles. The zero-order chi connectivity index (χ0) is 16.3. The van der Waals surface area contributed by atoms with E-state index in [0.29, 0.717) is 0 Å². The number of hydrogen-bond acceptors (Lipinski definition) is 3. The van der Waals surface area contributed by atoms with E-state index in [4.69, 9.17) is 5.11 Å². The van der Waals surface area contributed by atoms with Crippen molar-refractivity contribution in [3.8, 4) is 0 Å². The van der Waals surface area contributed by atoms with E-state index in [-0.39, 0.29) is 18.4 Å². The highest BCUT2D eigenvalue weighted by Crippen LogP contribution is 2.28. The summed E-state index contributed by atoms with van der Waals surface area (Å²) in [5, 5.41) is 12.0. The van der Waals surface area contributed by atoms with Crippen molar-refractivity contribution in [2.45, 2.75) is 32.7 Å². The van der Waals surface area contributed by atoms with Crippen molar-refractivity contribution >= 4 is 33.5 Å². The van der Waals surface area contributed by atoms with Crippen LogP contribution in [0.5, 0.6) is 0 Å². The number of rotatable bonds is 5. The van der Waals surface area contributed by atoms with Crippen LogP contribution in [0.4, 0.5) is 5.69 Å². The van der Waals surface area contributed by atoms with Crippen LogP contribution < -0.4 is 10.2 Å². The predicted octanol–water partition coefficient (Wildman–Crippen LogP) is 2.64. The number of hydrogen-bond donors (Lipinski definition) is 2. The summed E-state index contributed by atoms with van der Waals surface area (Å²) in [7, 11) is 0. The fourth-order valence-corrected chi connectivity index (χ4v) is 3.10. The van der Waals surface area contributed by atoms with Crippen molar-refractivity contribution in [2.24, 2.45) is 5.41 Å². The van der Waals surface area contributed by atoms with Gasteiger partial charge in [0.1, 0.15) is 0 Å². The lowest BCUT2D eigenvalue weighted by Crippen LogP contribution is -2.40. The van der Waals surface area contributed by atoms with Gasteiger partial charge in [-0.1, -0.05) is 12.1 Å². The topological polar surface area (TPSA) is 69.6 Å². The molecule has 6 heteroatoms. The van der Waals surface area contributed by atoms with Gasteiger partial charge in [0.2, 0.25) is 5.91 Å². The Kier molecular flexibility index (Phi) is 5.11. The second kappa shape index (κ2) is 6.69. The van der Waals surface area contributed by atoms with Gasteiger partial charge in [-0.15, -0.1) is 0 Å². The molecule has 0 unspecified atom stereocenters. The highest BCUT2D eigenvalue weighted by atomic mass is 79.9. The van der Waals surface area contributed by atoms with E-state index < -0.39 is 11.4 Å². The molecule has 1 heterocycles. The number of carbonyl (C=O) groups excluding carboxylic acids is 1. The number of amides is 1. The van der Waals surface area contributed by atoms with Crippen LogP contribution in [0.15, 0.2) is 28.7 Å². The summed E-state index contributed by atoms with van der Waals surface area (Å²) >= 11 is 3.54. The van der Waals surface area contributed by atoms with Gasteiger partial charge in [-0.25, -0.2) is 0 Å². The van der Waals surface area contributed by atoms with Crippen molar-refractivity contribution in [3.63, 3.8) is 0 Å². The normalized spacial score (nSPS) is 18.3. The Bertz CT molecular complexity index is 574. The second-order valence-corrected chi connectivity index (χ2v) is 7.17. The van der Waals surface area contributed by atoms with Crippen molar-refractivity contribution in [3.05, 3.63) is 28.7 Å². The molecule has 0 radical (unpaired) electrons. The number of benzene rings is 1.